The van der Waals surface area contributed by atoms with Gasteiger partial charge in [-0.3, -0.25) is 4.79 Å². The molecule has 0 unspecified atom stereocenters. The summed E-state index contributed by atoms with van der Waals surface area (Å²) in [7, 11) is 1.22. The van der Waals surface area contributed by atoms with Gasteiger partial charge in [-0.25, -0.2) is 4.79 Å². The van der Waals surface area contributed by atoms with Crippen LogP contribution in [0.4, 0.5) is 13.2 Å². The van der Waals surface area contributed by atoms with Gasteiger partial charge in [-0.1, -0.05) is 0 Å². The number of benzene rings is 1. The van der Waals surface area contributed by atoms with Crippen molar-refractivity contribution in [3.05, 3.63) is 35.4 Å². The third kappa shape index (κ3) is 4.99. The smallest absolute Gasteiger partial charge is 0.390 e. The topological polar surface area (TPSA) is 55.4 Å². The van der Waals surface area contributed by atoms with E-state index in [2.05, 4.69) is 10.1 Å². The van der Waals surface area contributed by atoms with E-state index in [-0.39, 0.29) is 11.1 Å². The predicted molar refractivity (Wildman–Crippen MR) is 60.8 cm³/mol. The van der Waals surface area contributed by atoms with Gasteiger partial charge < -0.3 is 10.1 Å². The van der Waals surface area contributed by atoms with Crippen LogP contribution in [0.25, 0.3) is 0 Å². The van der Waals surface area contributed by atoms with Crippen LogP contribution < -0.4 is 5.32 Å². The van der Waals surface area contributed by atoms with E-state index in [1.807, 2.05) is 0 Å². The van der Waals surface area contributed by atoms with Crippen LogP contribution in [-0.2, 0) is 4.74 Å². The molecule has 0 aliphatic heterocycles. The first-order valence-electron chi connectivity index (χ1n) is 5.37. The fraction of sp³-hybridized carbons (Fsp3) is 0.333. The van der Waals surface area contributed by atoms with Crippen molar-refractivity contribution >= 4 is 11.9 Å². The molecule has 0 radical (unpaired) electrons. The van der Waals surface area contributed by atoms with Crippen molar-refractivity contribution in [1.82, 2.24) is 5.32 Å². The Bertz CT molecular complexity index is 454. The van der Waals surface area contributed by atoms with Gasteiger partial charge >= 0.3 is 12.1 Å². The molecule has 0 saturated heterocycles. The van der Waals surface area contributed by atoms with Gasteiger partial charge in [-0.2, -0.15) is 13.2 Å². The second kappa shape index (κ2) is 6.21. The monoisotopic (exact) mass is 275 g/mol. The van der Waals surface area contributed by atoms with Gasteiger partial charge in [0.2, 0.25) is 0 Å². The highest BCUT2D eigenvalue weighted by molar-refractivity contribution is 5.96. The van der Waals surface area contributed by atoms with Gasteiger partial charge in [0.1, 0.15) is 0 Å². The normalized spacial score (nSPS) is 10.9. The number of amides is 1. The molecule has 1 aromatic rings. The summed E-state index contributed by atoms with van der Waals surface area (Å²) in [4.78, 5) is 22.6. The lowest BCUT2D eigenvalue weighted by Gasteiger charge is -2.08. The summed E-state index contributed by atoms with van der Waals surface area (Å²) in [5.74, 6) is -1.18. The minimum Gasteiger partial charge on any atom is -0.465 e. The molecule has 0 heterocycles. The molecule has 0 aliphatic rings. The Morgan fingerprint density at radius 2 is 1.68 bits per heavy atom. The van der Waals surface area contributed by atoms with Crippen molar-refractivity contribution < 1.29 is 27.5 Å². The van der Waals surface area contributed by atoms with Crippen molar-refractivity contribution in [2.45, 2.75) is 12.6 Å². The van der Waals surface area contributed by atoms with Crippen LogP contribution >= 0.6 is 0 Å². The molecule has 0 atom stereocenters. The molecular weight excluding hydrogens is 263 g/mol. The molecule has 0 spiro atoms. The first-order chi connectivity index (χ1) is 8.83. The Balaban J connectivity index is 2.56. The maximum Gasteiger partial charge on any atom is 0.390 e. The van der Waals surface area contributed by atoms with E-state index in [9.17, 15) is 22.8 Å². The molecule has 1 amide bonds. The van der Waals surface area contributed by atoms with Gasteiger partial charge in [0.25, 0.3) is 5.91 Å². The summed E-state index contributed by atoms with van der Waals surface area (Å²) < 4.78 is 40.1. The number of alkyl halides is 3. The molecular formula is C12H12F3NO3. The highest BCUT2D eigenvalue weighted by Gasteiger charge is 2.26. The molecule has 104 valence electrons. The fourth-order valence-electron chi connectivity index (χ4n) is 1.30. The van der Waals surface area contributed by atoms with Crippen LogP contribution in [-0.4, -0.2) is 31.7 Å². The van der Waals surface area contributed by atoms with Crippen molar-refractivity contribution in [3.63, 3.8) is 0 Å². The zero-order chi connectivity index (χ0) is 14.5. The third-order valence-electron chi connectivity index (χ3n) is 2.26. The number of esters is 1. The van der Waals surface area contributed by atoms with E-state index in [0.717, 1.165) is 0 Å². The molecule has 1 rings (SSSR count). The van der Waals surface area contributed by atoms with Gasteiger partial charge in [-0.05, 0) is 24.3 Å². The van der Waals surface area contributed by atoms with Crippen molar-refractivity contribution in [2.75, 3.05) is 13.7 Å². The predicted octanol–water partition coefficient (Wildman–Crippen LogP) is 2.16. The van der Waals surface area contributed by atoms with Crippen LogP contribution in [0.3, 0.4) is 0 Å². The summed E-state index contributed by atoms with van der Waals surface area (Å²) >= 11 is 0. The Hall–Kier alpha value is -2.05. The van der Waals surface area contributed by atoms with E-state index in [4.69, 9.17) is 0 Å². The molecule has 7 heteroatoms. The largest absolute Gasteiger partial charge is 0.465 e. The van der Waals surface area contributed by atoms with Crippen LogP contribution in [0.15, 0.2) is 24.3 Å². The zero-order valence-electron chi connectivity index (χ0n) is 10.1. The Labute approximate surface area is 107 Å². The number of halogens is 3. The maximum atomic E-state index is 11.9. The van der Waals surface area contributed by atoms with Crippen LogP contribution in [0, 0.1) is 0 Å². The van der Waals surface area contributed by atoms with Crippen molar-refractivity contribution in [3.8, 4) is 0 Å². The number of hydrogen-bond acceptors (Lipinski definition) is 3. The number of rotatable bonds is 4. The quantitative estimate of drug-likeness (QED) is 0.857. The standard InChI is InChI=1S/C12H12F3NO3/c1-19-11(18)9-4-2-8(3-5-9)10(17)16-7-6-12(13,14)15/h2-5H,6-7H2,1H3,(H,16,17). The lowest BCUT2D eigenvalue weighted by molar-refractivity contribution is -0.132. The number of carbonyl (C=O) groups excluding carboxylic acids is 2. The van der Waals surface area contributed by atoms with Crippen molar-refractivity contribution in [1.29, 1.82) is 0 Å². The maximum absolute atomic E-state index is 11.9. The Kier molecular flexibility index (Phi) is 4.91. The van der Waals surface area contributed by atoms with Gasteiger partial charge in [0, 0.05) is 12.1 Å². The van der Waals surface area contributed by atoms with Gasteiger partial charge in [0.05, 0.1) is 19.1 Å². The lowest BCUT2D eigenvalue weighted by Crippen LogP contribution is -2.27. The summed E-state index contributed by atoms with van der Waals surface area (Å²) in [6.45, 7) is -0.485. The van der Waals surface area contributed by atoms with E-state index < -0.39 is 31.0 Å². The molecule has 0 bridgehead atoms. The molecule has 1 aromatic carbocycles. The summed E-state index contributed by atoms with van der Waals surface area (Å²) in [5.41, 5.74) is 0.434. The second-order valence-electron chi connectivity index (χ2n) is 3.69. The van der Waals surface area contributed by atoms with Crippen LogP contribution in [0.1, 0.15) is 27.1 Å². The molecule has 1 N–H and O–H groups in total. The molecule has 0 saturated carbocycles. The van der Waals surface area contributed by atoms with Crippen LogP contribution in [0.2, 0.25) is 0 Å². The van der Waals surface area contributed by atoms with Crippen LogP contribution in [0.5, 0.6) is 0 Å². The number of hydrogen-bond donors (Lipinski definition) is 1. The molecule has 19 heavy (non-hydrogen) atoms. The SMILES string of the molecule is COC(=O)c1ccc(C(=O)NCCC(F)(F)F)cc1. The molecule has 0 fully saturated rings. The van der Waals surface area contributed by atoms with Gasteiger partial charge in [-0.15, -0.1) is 0 Å². The van der Waals surface area contributed by atoms with E-state index in [0.29, 0.717) is 0 Å². The Morgan fingerprint density at radius 1 is 1.16 bits per heavy atom. The Morgan fingerprint density at radius 3 is 2.16 bits per heavy atom. The average Bonchev–Trinajstić information content (AvgIpc) is 2.36. The molecule has 0 aliphatic carbocycles. The van der Waals surface area contributed by atoms with E-state index in [1.165, 1.54) is 31.4 Å². The highest BCUT2D eigenvalue weighted by atomic mass is 19.4. The second-order valence-corrected chi connectivity index (χ2v) is 3.69. The number of ether oxygens (including phenoxy) is 1. The molecule has 4 nitrogen and oxygen atoms in total. The summed E-state index contributed by atoms with van der Waals surface area (Å²) in [6.07, 6.45) is -5.39. The van der Waals surface area contributed by atoms with E-state index in [1.54, 1.807) is 0 Å². The lowest BCUT2D eigenvalue weighted by atomic mass is 10.1. The number of nitrogens with one attached hydrogen (secondary N) is 1. The minimum absolute atomic E-state index is 0.176. The number of carbonyl (C=O) groups is 2. The van der Waals surface area contributed by atoms with E-state index >= 15 is 0 Å². The zero-order valence-corrected chi connectivity index (χ0v) is 10.1. The highest BCUT2D eigenvalue weighted by Crippen LogP contribution is 2.18. The summed E-state index contributed by atoms with van der Waals surface area (Å²) in [6, 6.07) is 5.42. The van der Waals surface area contributed by atoms with Crippen molar-refractivity contribution in [2.24, 2.45) is 0 Å². The van der Waals surface area contributed by atoms with Gasteiger partial charge in [0.15, 0.2) is 0 Å². The average molecular weight is 275 g/mol. The summed E-state index contributed by atoms with van der Waals surface area (Å²) in [5, 5.41) is 2.14. The molecule has 0 aromatic heterocycles. The number of methoxy groups -OCH3 is 1. The first kappa shape index (κ1) is 15.0. The fourth-order valence-corrected chi connectivity index (χ4v) is 1.30. The minimum atomic E-state index is -4.30. The first-order valence-corrected chi connectivity index (χ1v) is 5.37. The third-order valence-corrected chi connectivity index (χ3v) is 2.26.